The van der Waals surface area contributed by atoms with Crippen LogP contribution >= 0.6 is 11.6 Å². The van der Waals surface area contributed by atoms with E-state index in [2.05, 4.69) is 5.32 Å². The molecule has 3 rings (SSSR count). The van der Waals surface area contributed by atoms with Gasteiger partial charge in [0.2, 0.25) is 5.91 Å². The summed E-state index contributed by atoms with van der Waals surface area (Å²) in [5.41, 5.74) is 2.00. The van der Waals surface area contributed by atoms with E-state index in [0.29, 0.717) is 18.1 Å². The van der Waals surface area contributed by atoms with Gasteiger partial charge in [0.05, 0.1) is 0 Å². The number of amides is 2. The van der Waals surface area contributed by atoms with E-state index < -0.39 is 0 Å². The molecule has 4 nitrogen and oxygen atoms in total. The lowest BCUT2D eigenvalue weighted by Crippen LogP contribution is -2.38. The number of hydrogen-bond acceptors (Lipinski definition) is 2. The van der Waals surface area contributed by atoms with Crippen LogP contribution in [0.25, 0.3) is 12.2 Å². The monoisotopic (exact) mass is 408 g/mol. The molecule has 0 aromatic heterocycles. The highest BCUT2D eigenvalue weighted by Crippen LogP contribution is 2.16. The van der Waals surface area contributed by atoms with E-state index in [0.717, 1.165) is 36.8 Å². The van der Waals surface area contributed by atoms with E-state index in [9.17, 15) is 9.59 Å². The van der Waals surface area contributed by atoms with Gasteiger partial charge in [0.1, 0.15) is 5.70 Å². The zero-order chi connectivity index (χ0) is 20.5. The zero-order valence-corrected chi connectivity index (χ0v) is 17.1. The van der Waals surface area contributed by atoms with Gasteiger partial charge in [0.25, 0.3) is 5.91 Å². The van der Waals surface area contributed by atoms with Gasteiger partial charge in [0, 0.05) is 24.2 Å². The van der Waals surface area contributed by atoms with Crippen molar-refractivity contribution in [3.8, 4) is 0 Å². The highest BCUT2D eigenvalue weighted by Gasteiger charge is 2.20. The van der Waals surface area contributed by atoms with Gasteiger partial charge in [-0.1, -0.05) is 66.9 Å². The second-order valence-electron chi connectivity index (χ2n) is 7.05. The number of benzene rings is 2. The minimum Gasteiger partial charge on any atom is -0.337 e. The maximum atomic E-state index is 13.1. The van der Waals surface area contributed by atoms with Crippen LogP contribution in [0.2, 0.25) is 5.02 Å². The molecule has 0 bridgehead atoms. The Kier molecular flexibility index (Phi) is 7.65. The molecule has 5 heteroatoms. The van der Waals surface area contributed by atoms with Crippen LogP contribution in [0.3, 0.4) is 0 Å². The van der Waals surface area contributed by atoms with Crippen molar-refractivity contribution in [3.63, 3.8) is 0 Å². The fraction of sp³-hybridized carbons (Fsp3) is 0.250. The van der Waals surface area contributed by atoms with Crippen molar-refractivity contribution in [2.24, 2.45) is 0 Å². The van der Waals surface area contributed by atoms with E-state index >= 15 is 0 Å². The molecule has 29 heavy (non-hydrogen) atoms. The highest BCUT2D eigenvalue weighted by atomic mass is 35.5. The third-order valence-corrected chi connectivity index (χ3v) is 5.04. The van der Waals surface area contributed by atoms with Crippen LogP contribution in [-0.4, -0.2) is 29.8 Å². The van der Waals surface area contributed by atoms with E-state index in [1.807, 2.05) is 47.4 Å². The van der Waals surface area contributed by atoms with E-state index in [4.69, 9.17) is 11.6 Å². The summed E-state index contributed by atoms with van der Waals surface area (Å²) in [7, 11) is 0. The summed E-state index contributed by atoms with van der Waals surface area (Å²) in [6, 6.07) is 16.7. The number of likely N-dealkylation sites (tertiary alicyclic amines) is 1. The largest absolute Gasteiger partial charge is 0.337 e. The molecule has 1 heterocycles. The zero-order valence-electron chi connectivity index (χ0n) is 16.3. The van der Waals surface area contributed by atoms with Gasteiger partial charge >= 0.3 is 0 Å². The molecule has 0 aliphatic carbocycles. The SMILES string of the molecule is O=C(/C=C/c1ccccc1)N/C(=C\c1ccc(Cl)cc1)C(=O)N1CCCCCC1. The molecule has 2 aromatic rings. The lowest BCUT2D eigenvalue weighted by atomic mass is 10.1. The maximum absolute atomic E-state index is 13.1. The van der Waals surface area contributed by atoms with Crippen molar-refractivity contribution in [2.45, 2.75) is 25.7 Å². The molecule has 0 saturated carbocycles. The van der Waals surface area contributed by atoms with Crippen molar-refractivity contribution in [3.05, 3.63) is 82.5 Å². The molecule has 1 N–H and O–H groups in total. The Morgan fingerprint density at radius 1 is 0.862 bits per heavy atom. The summed E-state index contributed by atoms with van der Waals surface area (Å²) >= 11 is 5.96. The number of nitrogens with zero attached hydrogens (tertiary/aromatic N) is 1. The van der Waals surface area contributed by atoms with Crippen molar-refractivity contribution in [1.29, 1.82) is 0 Å². The van der Waals surface area contributed by atoms with Crippen LogP contribution < -0.4 is 5.32 Å². The van der Waals surface area contributed by atoms with Crippen LogP contribution in [0.1, 0.15) is 36.8 Å². The second kappa shape index (κ2) is 10.6. The molecule has 1 saturated heterocycles. The summed E-state index contributed by atoms with van der Waals surface area (Å²) in [5.74, 6) is -0.486. The lowest BCUT2D eigenvalue weighted by molar-refractivity contribution is -0.128. The van der Waals surface area contributed by atoms with E-state index in [-0.39, 0.29) is 17.5 Å². The predicted molar refractivity (Wildman–Crippen MR) is 118 cm³/mol. The van der Waals surface area contributed by atoms with Gasteiger partial charge in [-0.05, 0) is 48.3 Å². The van der Waals surface area contributed by atoms with Gasteiger partial charge in [0.15, 0.2) is 0 Å². The van der Waals surface area contributed by atoms with Crippen molar-refractivity contribution in [1.82, 2.24) is 10.2 Å². The molecule has 150 valence electrons. The van der Waals surface area contributed by atoms with Crippen LogP contribution in [0.4, 0.5) is 0 Å². The molecule has 0 atom stereocenters. The second-order valence-corrected chi connectivity index (χ2v) is 7.49. The molecule has 2 amide bonds. The quantitative estimate of drug-likeness (QED) is 0.714. The Labute approximate surface area is 176 Å². The van der Waals surface area contributed by atoms with E-state index in [1.54, 1.807) is 24.3 Å². The molecule has 0 unspecified atom stereocenters. The first-order chi connectivity index (χ1) is 14.1. The fourth-order valence-corrected chi connectivity index (χ4v) is 3.36. The number of nitrogens with one attached hydrogen (secondary N) is 1. The molecule has 0 spiro atoms. The molecule has 1 aliphatic rings. The topological polar surface area (TPSA) is 49.4 Å². The number of hydrogen-bond donors (Lipinski definition) is 1. The van der Waals surface area contributed by atoms with Crippen molar-refractivity contribution >= 4 is 35.6 Å². The van der Waals surface area contributed by atoms with Crippen LogP contribution in [0, 0.1) is 0 Å². The molecule has 1 aliphatic heterocycles. The third kappa shape index (κ3) is 6.61. The molecule has 2 aromatic carbocycles. The van der Waals surface area contributed by atoms with Gasteiger partial charge in [-0.2, -0.15) is 0 Å². The summed E-state index contributed by atoms with van der Waals surface area (Å²) in [4.78, 5) is 27.4. The number of carbonyl (C=O) groups is 2. The smallest absolute Gasteiger partial charge is 0.270 e. The highest BCUT2D eigenvalue weighted by molar-refractivity contribution is 6.30. The average molecular weight is 409 g/mol. The van der Waals surface area contributed by atoms with Crippen LogP contribution in [0.5, 0.6) is 0 Å². The average Bonchev–Trinajstić information content (AvgIpc) is 3.03. The van der Waals surface area contributed by atoms with Crippen molar-refractivity contribution < 1.29 is 9.59 Å². The normalized spacial score (nSPS) is 15.2. The summed E-state index contributed by atoms with van der Waals surface area (Å²) in [6.45, 7) is 1.43. The molecule has 1 fully saturated rings. The standard InChI is InChI=1S/C24H25ClN2O2/c25-21-13-10-20(11-14-21)18-22(24(29)27-16-6-1-2-7-17-27)26-23(28)15-12-19-8-4-3-5-9-19/h3-5,8-15,18H,1-2,6-7,16-17H2,(H,26,28)/b15-12+,22-18-. The first-order valence-electron chi connectivity index (χ1n) is 9.92. The minimum absolute atomic E-state index is 0.150. The first kappa shape index (κ1) is 20.9. The molecular weight excluding hydrogens is 384 g/mol. The van der Waals surface area contributed by atoms with Crippen LogP contribution in [0.15, 0.2) is 66.4 Å². The Morgan fingerprint density at radius 3 is 2.17 bits per heavy atom. The number of rotatable bonds is 5. The van der Waals surface area contributed by atoms with Crippen LogP contribution in [-0.2, 0) is 9.59 Å². The summed E-state index contributed by atoms with van der Waals surface area (Å²) in [5, 5.41) is 3.40. The lowest BCUT2D eigenvalue weighted by Gasteiger charge is -2.22. The number of carbonyl (C=O) groups excluding carboxylic acids is 2. The molecular formula is C24H25ClN2O2. The molecule has 0 radical (unpaired) electrons. The maximum Gasteiger partial charge on any atom is 0.270 e. The van der Waals surface area contributed by atoms with Gasteiger partial charge < -0.3 is 10.2 Å². The Balaban J connectivity index is 1.79. The fourth-order valence-electron chi connectivity index (χ4n) is 3.23. The van der Waals surface area contributed by atoms with Gasteiger partial charge in [-0.15, -0.1) is 0 Å². The Morgan fingerprint density at radius 2 is 1.52 bits per heavy atom. The van der Waals surface area contributed by atoms with Gasteiger partial charge in [-0.3, -0.25) is 9.59 Å². The van der Waals surface area contributed by atoms with Crippen molar-refractivity contribution in [2.75, 3.05) is 13.1 Å². The minimum atomic E-state index is -0.336. The summed E-state index contributed by atoms with van der Waals surface area (Å²) < 4.78 is 0. The summed E-state index contributed by atoms with van der Waals surface area (Å²) in [6.07, 6.45) is 9.12. The Bertz CT molecular complexity index is 881. The number of halogens is 1. The third-order valence-electron chi connectivity index (χ3n) is 4.79. The predicted octanol–water partition coefficient (Wildman–Crippen LogP) is 4.91. The Hall–Kier alpha value is -2.85. The first-order valence-corrected chi connectivity index (χ1v) is 10.3. The van der Waals surface area contributed by atoms with E-state index in [1.165, 1.54) is 6.08 Å². The van der Waals surface area contributed by atoms with Gasteiger partial charge in [-0.25, -0.2) is 0 Å².